The zero-order valence-corrected chi connectivity index (χ0v) is 11.7. The summed E-state index contributed by atoms with van der Waals surface area (Å²) in [5.74, 6) is 0. The van der Waals surface area contributed by atoms with Gasteiger partial charge in [0.15, 0.2) is 0 Å². The average Bonchev–Trinajstić information content (AvgIpc) is 2.41. The minimum Gasteiger partial charge on any atom is -0.374 e. The molecular weight excluding hydrogens is 292 g/mol. The van der Waals surface area contributed by atoms with Crippen LogP contribution in [-0.2, 0) is 0 Å². The number of hydrogen-bond donors (Lipinski definition) is 2. The van der Waals surface area contributed by atoms with E-state index >= 15 is 0 Å². The van der Waals surface area contributed by atoms with Crippen LogP contribution in [-0.4, -0.2) is 16.5 Å². The number of nitrogens with two attached hydrogens (primary N) is 1. The van der Waals surface area contributed by atoms with Gasteiger partial charge in [-0.15, -0.1) is 0 Å². The van der Waals surface area contributed by atoms with Crippen LogP contribution in [0.4, 0.5) is 5.69 Å². The minimum absolute atomic E-state index is 0.0221. The molecule has 18 heavy (non-hydrogen) atoms. The number of rotatable bonds is 4. The topological polar surface area (TPSA) is 63.8 Å². The normalized spacial score (nSPS) is 12.2. The summed E-state index contributed by atoms with van der Waals surface area (Å²) in [6, 6.07) is 8.00. The van der Waals surface area contributed by atoms with Crippen molar-refractivity contribution in [2.75, 3.05) is 11.9 Å². The second-order valence-electron chi connectivity index (χ2n) is 4.05. The van der Waals surface area contributed by atoms with Crippen LogP contribution < -0.4 is 11.1 Å². The van der Waals surface area contributed by atoms with Crippen LogP contribution in [0, 0.1) is 6.92 Å². The highest BCUT2D eigenvalue weighted by Crippen LogP contribution is 2.26. The van der Waals surface area contributed by atoms with E-state index in [2.05, 4.69) is 50.3 Å². The minimum atomic E-state index is -0.0221. The van der Waals surface area contributed by atoms with E-state index in [1.165, 1.54) is 11.9 Å². The molecule has 4 nitrogen and oxygen atoms in total. The molecule has 0 fully saturated rings. The van der Waals surface area contributed by atoms with Gasteiger partial charge in [0, 0.05) is 22.9 Å². The predicted octanol–water partition coefficient (Wildman–Crippen LogP) is 2.66. The van der Waals surface area contributed by atoms with Gasteiger partial charge in [0.1, 0.15) is 6.33 Å². The molecular formula is C13H15BrN4. The van der Waals surface area contributed by atoms with Gasteiger partial charge in [-0.25, -0.2) is 9.97 Å². The molecule has 0 bridgehead atoms. The molecule has 3 N–H and O–H groups in total. The Kier molecular flexibility index (Phi) is 4.28. The molecule has 1 unspecified atom stereocenters. The lowest BCUT2D eigenvalue weighted by molar-refractivity contribution is 0.754. The maximum Gasteiger partial charge on any atom is 0.115 e. The van der Waals surface area contributed by atoms with Crippen molar-refractivity contribution in [3.05, 3.63) is 52.5 Å². The first-order valence-electron chi connectivity index (χ1n) is 5.69. The highest BCUT2D eigenvalue weighted by Gasteiger charge is 2.12. The van der Waals surface area contributed by atoms with Crippen molar-refractivity contribution in [2.24, 2.45) is 5.73 Å². The van der Waals surface area contributed by atoms with Crippen molar-refractivity contribution < 1.29 is 0 Å². The third kappa shape index (κ3) is 3.05. The molecule has 0 aliphatic carbocycles. The lowest BCUT2D eigenvalue weighted by Gasteiger charge is -2.18. The van der Waals surface area contributed by atoms with Crippen molar-refractivity contribution in [1.29, 1.82) is 0 Å². The number of hydrogen-bond acceptors (Lipinski definition) is 4. The van der Waals surface area contributed by atoms with E-state index < -0.39 is 0 Å². The lowest BCUT2D eigenvalue weighted by Crippen LogP contribution is -2.21. The van der Waals surface area contributed by atoms with Gasteiger partial charge in [-0.1, -0.05) is 6.07 Å². The Balaban J connectivity index is 2.23. The van der Waals surface area contributed by atoms with E-state index in [-0.39, 0.29) is 6.04 Å². The Labute approximate surface area is 115 Å². The summed E-state index contributed by atoms with van der Waals surface area (Å²) < 4.78 is 1.01. The van der Waals surface area contributed by atoms with Crippen LogP contribution in [0.3, 0.4) is 0 Å². The third-order valence-corrected chi connectivity index (χ3v) is 3.34. The summed E-state index contributed by atoms with van der Waals surface area (Å²) in [5, 5.41) is 3.39. The first-order chi connectivity index (χ1) is 8.70. The number of aromatic nitrogens is 2. The van der Waals surface area contributed by atoms with Crippen molar-refractivity contribution >= 4 is 21.6 Å². The molecule has 1 atom stereocenters. The smallest absolute Gasteiger partial charge is 0.115 e. The first kappa shape index (κ1) is 13.0. The van der Waals surface area contributed by atoms with Crippen molar-refractivity contribution in [2.45, 2.75) is 13.0 Å². The van der Waals surface area contributed by atoms with Crippen molar-refractivity contribution in [3.8, 4) is 0 Å². The van der Waals surface area contributed by atoms with Gasteiger partial charge in [0.05, 0.1) is 11.7 Å². The Morgan fingerprint density at radius 3 is 2.89 bits per heavy atom. The van der Waals surface area contributed by atoms with E-state index in [0.29, 0.717) is 6.54 Å². The van der Waals surface area contributed by atoms with Crippen LogP contribution >= 0.6 is 15.9 Å². The molecule has 0 spiro atoms. The molecule has 1 heterocycles. The number of benzene rings is 1. The fourth-order valence-electron chi connectivity index (χ4n) is 1.70. The molecule has 0 saturated heterocycles. The molecule has 1 aromatic heterocycles. The molecule has 5 heteroatoms. The fraction of sp³-hybridized carbons (Fsp3) is 0.231. The maximum atomic E-state index is 5.80. The van der Waals surface area contributed by atoms with Gasteiger partial charge >= 0.3 is 0 Å². The highest BCUT2D eigenvalue weighted by molar-refractivity contribution is 9.10. The fourth-order valence-corrected chi connectivity index (χ4v) is 2.06. The molecule has 0 aliphatic rings. The zero-order valence-electron chi connectivity index (χ0n) is 10.1. The SMILES string of the molecule is Cc1ccc(Br)c(NC(CN)c2ccncn2)c1. The van der Waals surface area contributed by atoms with E-state index in [1.807, 2.05) is 12.1 Å². The quantitative estimate of drug-likeness (QED) is 0.911. The molecule has 2 rings (SSSR count). The maximum absolute atomic E-state index is 5.80. The van der Waals surface area contributed by atoms with Crippen LogP contribution in [0.5, 0.6) is 0 Å². The standard InChI is InChI=1S/C13H15BrN4/c1-9-2-3-10(14)12(6-9)18-13(7-15)11-4-5-16-8-17-11/h2-6,8,13,18H,7,15H2,1H3. The molecule has 0 amide bonds. The Morgan fingerprint density at radius 2 is 2.22 bits per heavy atom. The Hall–Kier alpha value is -1.46. The number of nitrogens with zero attached hydrogens (tertiary/aromatic N) is 2. The van der Waals surface area contributed by atoms with Crippen LogP contribution in [0.15, 0.2) is 41.3 Å². The summed E-state index contributed by atoms with van der Waals surface area (Å²) in [7, 11) is 0. The van der Waals surface area contributed by atoms with E-state index in [4.69, 9.17) is 5.73 Å². The molecule has 0 radical (unpaired) electrons. The number of aryl methyl sites for hydroxylation is 1. The summed E-state index contributed by atoms with van der Waals surface area (Å²) in [4.78, 5) is 8.14. The average molecular weight is 307 g/mol. The molecule has 2 aromatic rings. The van der Waals surface area contributed by atoms with Crippen molar-refractivity contribution in [1.82, 2.24) is 9.97 Å². The monoisotopic (exact) mass is 306 g/mol. The van der Waals surface area contributed by atoms with Crippen molar-refractivity contribution in [3.63, 3.8) is 0 Å². The molecule has 1 aromatic carbocycles. The van der Waals surface area contributed by atoms with Gasteiger partial charge in [-0.3, -0.25) is 0 Å². The zero-order chi connectivity index (χ0) is 13.0. The van der Waals surface area contributed by atoms with Crippen LogP contribution in [0.2, 0.25) is 0 Å². The van der Waals surface area contributed by atoms with Gasteiger partial charge < -0.3 is 11.1 Å². The number of nitrogens with one attached hydrogen (secondary N) is 1. The van der Waals surface area contributed by atoms with Gasteiger partial charge in [0.25, 0.3) is 0 Å². The summed E-state index contributed by atoms with van der Waals surface area (Å²) in [6.45, 7) is 2.52. The van der Waals surface area contributed by atoms with E-state index in [0.717, 1.165) is 15.9 Å². The highest BCUT2D eigenvalue weighted by atomic mass is 79.9. The lowest BCUT2D eigenvalue weighted by atomic mass is 10.1. The number of anilines is 1. The second kappa shape index (κ2) is 5.93. The second-order valence-corrected chi connectivity index (χ2v) is 4.90. The largest absolute Gasteiger partial charge is 0.374 e. The molecule has 0 aliphatic heterocycles. The van der Waals surface area contributed by atoms with E-state index in [9.17, 15) is 0 Å². The van der Waals surface area contributed by atoms with Gasteiger partial charge in [-0.05, 0) is 46.6 Å². The number of halogens is 1. The molecule has 94 valence electrons. The predicted molar refractivity (Wildman–Crippen MR) is 76.3 cm³/mol. The summed E-state index contributed by atoms with van der Waals surface area (Å²) in [5.41, 5.74) is 8.90. The summed E-state index contributed by atoms with van der Waals surface area (Å²) >= 11 is 3.52. The van der Waals surface area contributed by atoms with Gasteiger partial charge in [-0.2, -0.15) is 0 Å². The Bertz CT molecular complexity index is 516. The Morgan fingerprint density at radius 1 is 1.39 bits per heavy atom. The third-order valence-electron chi connectivity index (χ3n) is 2.65. The first-order valence-corrected chi connectivity index (χ1v) is 6.48. The van der Waals surface area contributed by atoms with E-state index in [1.54, 1.807) is 6.20 Å². The van der Waals surface area contributed by atoms with Crippen LogP contribution in [0.25, 0.3) is 0 Å². The van der Waals surface area contributed by atoms with Gasteiger partial charge in [0.2, 0.25) is 0 Å². The van der Waals surface area contributed by atoms with Crippen LogP contribution in [0.1, 0.15) is 17.3 Å². The molecule has 0 saturated carbocycles. The summed E-state index contributed by atoms with van der Waals surface area (Å²) in [6.07, 6.45) is 3.25.